The molecule has 0 bridgehead atoms. The van der Waals surface area contributed by atoms with Crippen LogP contribution in [0, 0.1) is 12.7 Å². The third kappa shape index (κ3) is 3.69. The molecule has 0 saturated heterocycles. The van der Waals surface area contributed by atoms with Crippen molar-refractivity contribution in [1.82, 2.24) is 0 Å². The summed E-state index contributed by atoms with van der Waals surface area (Å²) in [5.41, 5.74) is 6.75. The molecule has 5 heteroatoms. The van der Waals surface area contributed by atoms with E-state index in [9.17, 15) is 4.39 Å². The van der Waals surface area contributed by atoms with Crippen LogP contribution in [-0.4, -0.2) is 7.11 Å². The Morgan fingerprint density at radius 1 is 1.00 bits per heavy atom. The van der Waals surface area contributed by atoms with Crippen molar-refractivity contribution in [1.29, 1.82) is 0 Å². The minimum absolute atomic E-state index is 0.128. The summed E-state index contributed by atoms with van der Waals surface area (Å²) in [6.07, 6.45) is 3.24. The van der Waals surface area contributed by atoms with E-state index in [1.807, 2.05) is 35.6 Å². The molecular weight excluding hydrogens is 442 g/mol. The van der Waals surface area contributed by atoms with Crippen LogP contribution in [-0.2, 0) is 18.2 Å². The fourth-order valence-electron chi connectivity index (χ4n) is 4.67. The quantitative estimate of drug-likeness (QED) is 0.372. The molecule has 5 rings (SSSR count). The Balaban J connectivity index is 1.71. The molecule has 1 aliphatic carbocycles. The average molecular weight is 467 g/mol. The van der Waals surface area contributed by atoms with Crippen LogP contribution in [0.2, 0.25) is 0 Å². The average Bonchev–Trinajstić information content (AvgIpc) is 2.98. The molecule has 3 aromatic rings. The van der Waals surface area contributed by atoms with Gasteiger partial charge in [0.15, 0.2) is 0 Å². The van der Waals surface area contributed by atoms with E-state index in [1.54, 1.807) is 19.2 Å². The number of hydrogen-bond acceptors (Lipinski definition) is 3. The first-order valence-corrected chi connectivity index (χ1v) is 14.8. The number of aryl methyl sites for hydroxylation is 2. The van der Waals surface area contributed by atoms with Gasteiger partial charge in [0.25, 0.3) is 0 Å². The van der Waals surface area contributed by atoms with Gasteiger partial charge in [0.1, 0.15) is 11.6 Å². The van der Waals surface area contributed by atoms with Gasteiger partial charge in [-0.1, -0.05) is 59.1 Å². The van der Waals surface area contributed by atoms with Crippen LogP contribution in [0.25, 0.3) is 4.91 Å². The zero-order chi connectivity index (χ0) is 21.6. The monoisotopic (exact) mass is 466 g/mol. The van der Waals surface area contributed by atoms with Gasteiger partial charge in [-0.2, -0.15) is 0 Å². The van der Waals surface area contributed by atoms with Crippen LogP contribution < -0.4 is 10.0 Å². The highest BCUT2D eigenvalue weighted by atomic mass is 32.9. The van der Waals surface area contributed by atoms with Crippen molar-refractivity contribution in [3.63, 3.8) is 0 Å². The first-order chi connectivity index (χ1) is 15.0. The van der Waals surface area contributed by atoms with Crippen molar-refractivity contribution in [2.24, 2.45) is 0 Å². The van der Waals surface area contributed by atoms with Gasteiger partial charge in [0.05, 0.1) is 7.11 Å². The zero-order valence-corrected chi connectivity index (χ0v) is 20.1. The van der Waals surface area contributed by atoms with Gasteiger partial charge in [0.2, 0.25) is 0 Å². The molecule has 31 heavy (non-hydrogen) atoms. The minimum Gasteiger partial charge on any atom is -0.497 e. The summed E-state index contributed by atoms with van der Waals surface area (Å²) in [6, 6.07) is 22.1. The molecule has 1 heterocycles. The number of ether oxygens (including phenoxy) is 1. The summed E-state index contributed by atoms with van der Waals surface area (Å²) in [5.74, 6) is 0.631. The van der Waals surface area contributed by atoms with Crippen LogP contribution in [0.1, 0.15) is 40.8 Å². The maximum Gasteiger partial charge on any atom is 0.123 e. The van der Waals surface area contributed by atoms with E-state index in [0.717, 1.165) is 30.6 Å². The fourth-order valence-corrected chi connectivity index (χ4v) is 13.0. The number of rotatable bonds is 3. The van der Waals surface area contributed by atoms with Gasteiger partial charge in [-0.3, -0.25) is 0 Å². The van der Waals surface area contributed by atoms with Crippen LogP contribution in [0.4, 0.5) is 4.39 Å². The van der Waals surface area contributed by atoms with Gasteiger partial charge in [-0.25, -0.2) is 4.39 Å². The number of allylic oxidation sites excluding steroid dienone is 1. The van der Waals surface area contributed by atoms with E-state index in [2.05, 4.69) is 37.3 Å². The van der Waals surface area contributed by atoms with Crippen LogP contribution >= 0.6 is 16.6 Å². The number of fused-ring (bicyclic) bond motifs is 2. The predicted molar refractivity (Wildman–Crippen MR) is 135 cm³/mol. The Morgan fingerprint density at radius 2 is 1.74 bits per heavy atom. The fraction of sp³-hybridized carbons (Fsp3) is 0.231. The molecule has 2 atom stereocenters. The Labute approximate surface area is 192 Å². The van der Waals surface area contributed by atoms with E-state index in [-0.39, 0.29) is 11.5 Å². The minimum atomic E-state index is -2.10. The van der Waals surface area contributed by atoms with Crippen molar-refractivity contribution in [3.05, 3.63) is 100 Å². The van der Waals surface area contributed by atoms with E-state index < -0.39 is 5.24 Å². The van der Waals surface area contributed by atoms with E-state index in [1.165, 1.54) is 32.5 Å². The second-order valence-corrected chi connectivity index (χ2v) is 15.7. The summed E-state index contributed by atoms with van der Waals surface area (Å²) in [7, 11) is 1.68. The Bertz CT molecular complexity index is 1220. The zero-order valence-electron chi connectivity index (χ0n) is 17.6. The lowest BCUT2D eigenvalue weighted by Crippen LogP contribution is -2.09. The van der Waals surface area contributed by atoms with Crippen LogP contribution in [0.5, 0.6) is 5.75 Å². The molecule has 0 spiro atoms. The van der Waals surface area contributed by atoms with Crippen molar-refractivity contribution in [2.75, 3.05) is 7.11 Å². The molecular formula is C26H24FOPS2. The lowest BCUT2D eigenvalue weighted by molar-refractivity contribution is 0.415. The predicted octanol–water partition coefficient (Wildman–Crippen LogP) is 7.40. The summed E-state index contributed by atoms with van der Waals surface area (Å²) in [5, 5.41) is -0.898. The lowest BCUT2D eigenvalue weighted by atomic mass is 9.99. The maximum atomic E-state index is 13.8. The molecule has 1 aliphatic heterocycles. The number of methoxy groups -OCH3 is 1. The van der Waals surface area contributed by atoms with E-state index >= 15 is 0 Å². The molecule has 0 amide bonds. The Morgan fingerprint density at radius 3 is 2.45 bits per heavy atom. The van der Waals surface area contributed by atoms with Crippen molar-refractivity contribution < 1.29 is 9.13 Å². The first-order valence-electron chi connectivity index (χ1n) is 10.5. The molecule has 1 nitrogen and oxygen atoms in total. The summed E-state index contributed by atoms with van der Waals surface area (Å²) in [6.45, 7) is 2.15. The largest absolute Gasteiger partial charge is 0.497 e. The Hall–Kier alpha value is -1.87. The summed E-state index contributed by atoms with van der Waals surface area (Å²) >= 11 is 8.47. The summed E-state index contributed by atoms with van der Waals surface area (Å²) < 4.78 is 19.1. The molecule has 2 aliphatic rings. The maximum absolute atomic E-state index is 13.8. The van der Waals surface area contributed by atoms with Crippen molar-refractivity contribution >= 4 is 38.6 Å². The highest BCUT2D eigenvalue weighted by molar-refractivity contribution is 8.76. The third-order valence-corrected chi connectivity index (χ3v) is 14.0. The third-order valence-electron chi connectivity index (χ3n) is 6.21. The van der Waals surface area contributed by atoms with Crippen LogP contribution in [0.15, 0.2) is 72.3 Å². The number of benzene rings is 3. The van der Waals surface area contributed by atoms with Gasteiger partial charge >= 0.3 is 0 Å². The molecule has 2 unspecified atom stereocenters. The normalized spacial score (nSPS) is 22.6. The molecule has 0 N–H and O–H groups in total. The topological polar surface area (TPSA) is 9.23 Å². The van der Waals surface area contributed by atoms with Gasteiger partial charge in [-0.05, 0) is 90.2 Å². The highest BCUT2D eigenvalue weighted by Gasteiger charge is 2.44. The smallest absolute Gasteiger partial charge is 0.123 e. The molecule has 158 valence electrons. The van der Waals surface area contributed by atoms with Gasteiger partial charge < -0.3 is 4.74 Å². The van der Waals surface area contributed by atoms with Crippen molar-refractivity contribution in [2.45, 2.75) is 31.8 Å². The molecule has 0 fully saturated rings. The molecule has 0 radical (unpaired) electrons. The lowest BCUT2D eigenvalue weighted by Gasteiger charge is -2.27. The van der Waals surface area contributed by atoms with Crippen LogP contribution in [0.3, 0.4) is 0 Å². The van der Waals surface area contributed by atoms with Crippen molar-refractivity contribution in [3.8, 4) is 5.75 Å². The molecule has 0 saturated carbocycles. The second-order valence-electron chi connectivity index (χ2n) is 8.21. The highest BCUT2D eigenvalue weighted by Crippen LogP contribution is 2.80. The Kier molecular flexibility index (Phi) is 5.58. The number of halogens is 1. The standard InChI is InChI=1S/C26H24FOPS2/c1-17-6-7-18-4-3-5-23-25(19-8-10-20(27)11-9-19)29(30,31-26(23)24(18)16-17)22-14-12-21(28-2)13-15-22/h6-16,25H,3-5H2,1-2H3. The second kappa shape index (κ2) is 8.24. The SMILES string of the molecule is COc1ccc(P2(=S)SC3=C(CCCc4ccc(C)cc43)C2c2ccc(F)cc2)cc1. The van der Waals surface area contributed by atoms with Gasteiger partial charge in [0, 0.05) is 15.8 Å². The first kappa shape index (κ1) is 21.0. The molecule has 3 aromatic carbocycles. The summed E-state index contributed by atoms with van der Waals surface area (Å²) in [4.78, 5) is 1.37. The number of hydrogen-bond donors (Lipinski definition) is 0. The van der Waals surface area contributed by atoms with Gasteiger partial charge in [-0.15, -0.1) is 0 Å². The molecule has 0 aromatic heterocycles. The van der Waals surface area contributed by atoms with E-state index in [4.69, 9.17) is 16.5 Å². The van der Waals surface area contributed by atoms with E-state index in [0.29, 0.717) is 0 Å².